The van der Waals surface area contributed by atoms with Crippen molar-refractivity contribution >= 4 is 5.91 Å². The van der Waals surface area contributed by atoms with Gasteiger partial charge < -0.3 is 14.8 Å². The summed E-state index contributed by atoms with van der Waals surface area (Å²) in [5, 5.41) is 6.47. The zero-order valence-corrected chi connectivity index (χ0v) is 12.2. The van der Waals surface area contributed by atoms with Crippen LogP contribution in [0.1, 0.15) is 0 Å². The largest absolute Gasteiger partial charge is 0.497 e. The summed E-state index contributed by atoms with van der Waals surface area (Å²) in [6.45, 7) is 0.559. The van der Waals surface area contributed by atoms with E-state index in [1.807, 2.05) is 0 Å². The zero-order valence-electron chi connectivity index (χ0n) is 12.2. The number of hydrogen-bond donors (Lipinski definition) is 1. The minimum absolute atomic E-state index is 0.109. The number of amides is 1. The Kier molecular flexibility index (Phi) is 5.53. The van der Waals surface area contributed by atoms with Crippen LogP contribution in [0.2, 0.25) is 0 Å². The minimum Gasteiger partial charge on any atom is -0.497 e. The topological polar surface area (TPSA) is 82.4 Å². The van der Waals surface area contributed by atoms with Crippen molar-refractivity contribution in [3.8, 4) is 11.5 Å². The molecule has 7 heteroatoms. The van der Waals surface area contributed by atoms with Gasteiger partial charge in [0.1, 0.15) is 24.7 Å². The van der Waals surface area contributed by atoms with Crippen LogP contribution < -0.4 is 20.3 Å². The smallest absolute Gasteiger partial charge is 0.267 e. The van der Waals surface area contributed by atoms with Crippen LogP contribution in [0.3, 0.4) is 0 Å². The zero-order chi connectivity index (χ0) is 15.8. The lowest BCUT2D eigenvalue weighted by Gasteiger charge is -2.08. The highest BCUT2D eigenvalue weighted by atomic mass is 16.5. The van der Waals surface area contributed by atoms with E-state index in [-0.39, 0.29) is 18.0 Å². The van der Waals surface area contributed by atoms with Crippen molar-refractivity contribution < 1.29 is 14.3 Å². The third-order valence-corrected chi connectivity index (χ3v) is 2.83. The summed E-state index contributed by atoms with van der Waals surface area (Å²) in [4.78, 5) is 23.1. The summed E-state index contributed by atoms with van der Waals surface area (Å²) < 4.78 is 11.6. The van der Waals surface area contributed by atoms with Gasteiger partial charge in [0.05, 0.1) is 13.7 Å². The number of nitrogens with one attached hydrogen (secondary N) is 1. The summed E-state index contributed by atoms with van der Waals surface area (Å²) in [7, 11) is 1.60. The average Bonchev–Trinajstić information content (AvgIpc) is 2.54. The van der Waals surface area contributed by atoms with Crippen LogP contribution in [0, 0.1) is 0 Å². The fourth-order valence-electron chi connectivity index (χ4n) is 1.73. The lowest BCUT2D eigenvalue weighted by Crippen LogP contribution is -2.35. The molecule has 2 rings (SSSR count). The molecule has 2 aromatic rings. The molecule has 0 spiro atoms. The standard InChI is InChI=1S/C15H17N3O4/c1-21-12-4-6-13(7-5-12)22-10-9-16-14(19)11-18-15(20)3-2-8-17-18/h2-8H,9-11H2,1H3,(H,16,19). The van der Waals surface area contributed by atoms with E-state index in [9.17, 15) is 9.59 Å². The Morgan fingerprint density at radius 2 is 1.95 bits per heavy atom. The molecule has 1 N–H and O–H groups in total. The van der Waals surface area contributed by atoms with Gasteiger partial charge in [-0.2, -0.15) is 5.10 Å². The molecule has 0 saturated heterocycles. The second-order valence-electron chi connectivity index (χ2n) is 4.39. The summed E-state index contributed by atoms with van der Waals surface area (Å²) in [6, 6.07) is 10.0. The van der Waals surface area contributed by atoms with Crippen molar-refractivity contribution in [3.05, 3.63) is 52.9 Å². The van der Waals surface area contributed by atoms with E-state index in [4.69, 9.17) is 9.47 Å². The number of nitrogens with zero attached hydrogens (tertiary/aromatic N) is 2. The molecule has 1 heterocycles. The molecular weight excluding hydrogens is 286 g/mol. The summed E-state index contributed by atoms with van der Waals surface area (Å²) >= 11 is 0. The Balaban J connectivity index is 1.71. The number of benzene rings is 1. The molecule has 7 nitrogen and oxygen atoms in total. The Labute approximate surface area is 127 Å². The molecule has 0 fully saturated rings. The summed E-state index contributed by atoms with van der Waals surface area (Å²) in [5.41, 5.74) is -0.313. The highest BCUT2D eigenvalue weighted by Crippen LogP contribution is 2.16. The first-order valence-corrected chi connectivity index (χ1v) is 6.75. The maximum Gasteiger partial charge on any atom is 0.267 e. The highest BCUT2D eigenvalue weighted by Gasteiger charge is 2.04. The van der Waals surface area contributed by atoms with E-state index in [1.54, 1.807) is 31.4 Å². The summed E-state index contributed by atoms with van der Waals surface area (Å²) in [6.07, 6.45) is 1.46. The predicted molar refractivity (Wildman–Crippen MR) is 80.0 cm³/mol. The normalized spacial score (nSPS) is 10.0. The quantitative estimate of drug-likeness (QED) is 0.751. The second kappa shape index (κ2) is 7.82. The van der Waals surface area contributed by atoms with Gasteiger partial charge in [0.25, 0.3) is 5.56 Å². The van der Waals surface area contributed by atoms with E-state index >= 15 is 0 Å². The van der Waals surface area contributed by atoms with Crippen molar-refractivity contribution in [2.24, 2.45) is 0 Å². The first kappa shape index (κ1) is 15.6. The number of aromatic nitrogens is 2. The van der Waals surface area contributed by atoms with Gasteiger partial charge in [0.2, 0.25) is 5.91 Å². The number of methoxy groups -OCH3 is 1. The number of ether oxygens (including phenoxy) is 2. The Morgan fingerprint density at radius 1 is 1.23 bits per heavy atom. The molecule has 116 valence electrons. The maximum atomic E-state index is 11.7. The van der Waals surface area contributed by atoms with Gasteiger partial charge in [0, 0.05) is 12.3 Å². The van der Waals surface area contributed by atoms with Crippen molar-refractivity contribution in [1.29, 1.82) is 0 Å². The molecule has 0 atom stereocenters. The van der Waals surface area contributed by atoms with Gasteiger partial charge in [-0.3, -0.25) is 9.59 Å². The molecular formula is C15H17N3O4. The Hall–Kier alpha value is -2.83. The van der Waals surface area contributed by atoms with Gasteiger partial charge in [-0.25, -0.2) is 4.68 Å². The molecule has 0 saturated carbocycles. The van der Waals surface area contributed by atoms with E-state index in [0.717, 1.165) is 10.4 Å². The van der Waals surface area contributed by atoms with Crippen LogP contribution in [0.25, 0.3) is 0 Å². The summed E-state index contributed by atoms with van der Waals surface area (Å²) in [5.74, 6) is 1.15. The van der Waals surface area contributed by atoms with Crippen LogP contribution in [0.15, 0.2) is 47.4 Å². The third kappa shape index (κ3) is 4.62. The molecule has 0 radical (unpaired) electrons. The van der Waals surface area contributed by atoms with E-state index < -0.39 is 0 Å². The van der Waals surface area contributed by atoms with Crippen molar-refractivity contribution in [1.82, 2.24) is 15.1 Å². The number of hydrogen-bond acceptors (Lipinski definition) is 5. The lowest BCUT2D eigenvalue weighted by atomic mass is 10.3. The van der Waals surface area contributed by atoms with E-state index in [2.05, 4.69) is 10.4 Å². The number of carbonyl (C=O) groups excluding carboxylic acids is 1. The van der Waals surface area contributed by atoms with Crippen LogP contribution in [0.4, 0.5) is 0 Å². The Morgan fingerprint density at radius 3 is 2.64 bits per heavy atom. The minimum atomic E-state index is -0.313. The molecule has 0 aliphatic heterocycles. The molecule has 1 aromatic heterocycles. The predicted octanol–water partition coefficient (Wildman–Crippen LogP) is 0.447. The van der Waals surface area contributed by atoms with Gasteiger partial charge in [-0.05, 0) is 30.3 Å². The SMILES string of the molecule is COc1ccc(OCCNC(=O)Cn2ncccc2=O)cc1. The van der Waals surface area contributed by atoms with Crippen LogP contribution in [0.5, 0.6) is 11.5 Å². The molecule has 0 unspecified atom stereocenters. The fraction of sp³-hybridized carbons (Fsp3) is 0.267. The van der Waals surface area contributed by atoms with Crippen molar-refractivity contribution in [2.45, 2.75) is 6.54 Å². The van der Waals surface area contributed by atoms with Crippen molar-refractivity contribution in [2.75, 3.05) is 20.3 Å². The van der Waals surface area contributed by atoms with Gasteiger partial charge in [-0.15, -0.1) is 0 Å². The fourth-order valence-corrected chi connectivity index (χ4v) is 1.73. The monoisotopic (exact) mass is 303 g/mol. The average molecular weight is 303 g/mol. The highest BCUT2D eigenvalue weighted by molar-refractivity contribution is 5.75. The second-order valence-corrected chi connectivity index (χ2v) is 4.39. The van der Waals surface area contributed by atoms with E-state index in [1.165, 1.54) is 18.3 Å². The molecule has 0 bridgehead atoms. The molecule has 22 heavy (non-hydrogen) atoms. The van der Waals surface area contributed by atoms with Crippen LogP contribution in [-0.4, -0.2) is 35.9 Å². The first-order chi connectivity index (χ1) is 10.7. The van der Waals surface area contributed by atoms with Crippen LogP contribution >= 0.6 is 0 Å². The molecule has 0 aliphatic rings. The third-order valence-electron chi connectivity index (χ3n) is 2.83. The lowest BCUT2D eigenvalue weighted by molar-refractivity contribution is -0.122. The first-order valence-electron chi connectivity index (χ1n) is 6.75. The van der Waals surface area contributed by atoms with Crippen molar-refractivity contribution in [3.63, 3.8) is 0 Å². The van der Waals surface area contributed by atoms with Gasteiger partial charge in [0.15, 0.2) is 0 Å². The molecule has 1 amide bonds. The maximum absolute atomic E-state index is 11.7. The van der Waals surface area contributed by atoms with Crippen LogP contribution in [-0.2, 0) is 11.3 Å². The van der Waals surface area contributed by atoms with Gasteiger partial charge >= 0.3 is 0 Å². The van der Waals surface area contributed by atoms with E-state index in [0.29, 0.717) is 18.9 Å². The van der Waals surface area contributed by atoms with Gasteiger partial charge in [-0.1, -0.05) is 0 Å². The Bertz CT molecular complexity index is 667. The molecule has 0 aliphatic carbocycles. The number of rotatable bonds is 7. The number of carbonyl (C=O) groups is 1. The molecule has 1 aromatic carbocycles.